The lowest BCUT2D eigenvalue weighted by Crippen LogP contribution is -2.22. The van der Waals surface area contributed by atoms with Crippen molar-refractivity contribution in [3.05, 3.63) is 52.3 Å². The SMILES string of the molecule is CC[C@@H](C)c1ccccc1NC(=O)COC(=O)c1[nH]c(C)c([C@H](C)O)c1C. The van der Waals surface area contributed by atoms with Gasteiger partial charge in [0.15, 0.2) is 6.61 Å². The Bertz CT molecular complexity index is 824. The van der Waals surface area contributed by atoms with Gasteiger partial charge in [-0.1, -0.05) is 32.0 Å². The summed E-state index contributed by atoms with van der Waals surface area (Å²) in [6.45, 7) is 8.97. The molecule has 0 bridgehead atoms. The van der Waals surface area contributed by atoms with Crippen LogP contribution >= 0.6 is 0 Å². The van der Waals surface area contributed by atoms with Crippen molar-refractivity contribution in [3.8, 4) is 0 Å². The lowest BCUT2D eigenvalue weighted by Gasteiger charge is -2.15. The van der Waals surface area contributed by atoms with Gasteiger partial charge in [-0.25, -0.2) is 4.79 Å². The number of aliphatic hydroxyl groups excluding tert-OH is 1. The van der Waals surface area contributed by atoms with Crippen molar-refractivity contribution < 1.29 is 19.4 Å². The Morgan fingerprint density at radius 2 is 1.89 bits per heavy atom. The fourth-order valence-electron chi connectivity index (χ4n) is 3.25. The van der Waals surface area contributed by atoms with Crippen LogP contribution in [0.1, 0.15) is 72.1 Å². The highest BCUT2D eigenvalue weighted by Crippen LogP contribution is 2.27. The van der Waals surface area contributed by atoms with Gasteiger partial charge in [0.05, 0.1) is 6.10 Å². The number of H-pyrrole nitrogens is 1. The van der Waals surface area contributed by atoms with Crippen molar-refractivity contribution in [1.82, 2.24) is 4.98 Å². The monoisotopic (exact) mass is 372 g/mol. The number of ether oxygens (including phenoxy) is 1. The molecule has 0 saturated carbocycles. The second-order valence-electron chi connectivity index (χ2n) is 6.86. The van der Waals surface area contributed by atoms with Gasteiger partial charge in [-0.3, -0.25) is 4.79 Å². The van der Waals surface area contributed by atoms with Gasteiger partial charge < -0.3 is 20.1 Å². The average molecular weight is 372 g/mol. The molecule has 0 saturated heterocycles. The molecule has 6 nitrogen and oxygen atoms in total. The largest absolute Gasteiger partial charge is 0.451 e. The van der Waals surface area contributed by atoms with Crippen LogP contribution in [-0.2, 0) is 9.53 Å². The first-order valence-corrected chi connectivity index (χ1v) is 9.19. The van der Waals surface area contributed by atoms with E-state index >= 15 is 0 Å². The number of anilines is 1. The Hall–Kier alpha value is -2.60. The molecule has 0 aliphatic carbocycles. The van der Waals surface area contributed by atoms with Crippen molar-refractivity contribution in [3.63, 3.8) is 0 Å². The van der Waals surface area contributed by atoms with Crippen LogP contribution in [0, 0.1) is 13.8 Å². The van der Waals surface area contributed by atoms with Crippen molar-refractivity contribution in [2.24, 2.45) is 0 Å². The van der Waals surface area contributed by atoms with Crippen molar-refractivity contribution in [1.29, 1.82) is 0 Å². The summed E-state index contributed by atoms with van der Waals surface area (Å²) in [5.74, 6) is -0.698. The first kappa shape index (κ1) is 20.7. The highest BCUT2D eigenvalue weighted by molar-refractivity contribution is 5.96. The van der Waals surface area contributed by atoms with E-state index in [4.69, 9.17) is 4.74 Å². The number of hydrogen-bond donors (Lipinski definition) is 3. The summed E-state index contributed by atoms with van der Waals surface area (Å²) in [6, 6.07) is 7.62. The average Bonchev–Trinajstić information content (AvgIpc) is 2.94. The number of amides is 1. The minimum Gasteiger partial charge on any atom is -0.451 e. The van der Waals surface area contributed by atoms with E-state index < -0.39 is 18.0 Å². The third kappa shape index (κ3) is 4.77. The van der Waals surface area contributed by atoms with Crippen molar-refractivity contribution in [2.75, 3.05) is 11.9 Å². The highest BCUT2D eigenvalue weighted by atomic mass is 16.5. The minimum absolute atomic E-state index is 0.260. The van der Waals surface area contributed by atoms with Gasteiger partial charge in [-0.05, 0) is 50.3 Å². The van der Waals surface area contributed by atoms with Crippen molar-refractivity contribution in [2.45, 2.75) is 53.1 Å². The van der Waals surface area contributed by atoms with Crippen LogP contribution in [0.4, 0.5) is 5.69 Å². The summed E-state index contributed by atoms with van der Waals surface area (Å²) in [5.41, 5.74) is 4.06. The van der Waals surface area contributed by atoms with Gasteiger partial charge in [0.1, 0.15) is 5.69 Å². The van der Waals surface area contributed by atoms with E-state index in [9.17, 15) is 14.7 Å². The molecular weight excluding hydrogens is 344 g/mol. The number of aromatic amines is 1. The zero-order valence-corrected chi connectivity index (χ0v) is 16.6. The van der Waals surface area contributed by atoms with Gasteiger partial charge in [0.2, 0.25) is 0 Å². The molecule has 0 aliphatic heterocycles. The molecule has 1 aromatic carbocycles. The van der Waals surface area contributed by atoms with Crippen LogP contribution in [0.5, 0.6) is 0 Å². The Morgan fingerprint density at radius 3 is 2.48 bits per heavy atom. The van der Waals surface area contributed by atoms with Gasteiger partial charge in [-0.15, -0.1) is 0 Å². The summed E-state index contributed by atoms with van der Waals surface area (Å²) in [6.07, 6.45) is 0.266. The Labute approximate surface area is 159 Å². The molecule has 1 aromatic heterocycles. The van der Waals surface area contributed by atoms with Crippen LogP contribution in [0.2, 0.25) is 0 Å². The van der Waals surface area contributed by atoms with Crippen LogP contribution in [-0.4, -0.2) is 28.6 Å². The number of aliphatic hydroxyl groups is 1. The quantitative estimate of drug-likeness (QED) is 0.641. The van der Waals surface area contributed by atoms with Crippen LogP contribution in [0.25, 0.3) is 0 Å². The number of para-hydroxylation sites is 1. The third-order valence-electron chi connectivity index (χ3n) is 4.83. The fraction of sp³-hybridized carbons (Fsp3) is 0.429. The molecule has 1 amide bonds. The molecule has 146 valence electrons. The first-order chi connectivity index (χ1) is 12.8. The zero-order chi connectivity index (χ0) is 20.1. The third-order valence-corrected chi connectivity index (χ3v) is 4.83. The number of aromatic nitrogens is 1. The summed E-state index contributed by atoms with van der Waals surface area (Å²) in [4.78, 5) is 27.5. The summed E-state index contributed by atoms with van der Waals surface area (Å²) >= 11 is 0. The standard InChI is InChI=1S/C21H28N2O4/c1-6-12(2)16-9-7-8-10-17(16)23-18(25)11-27-21(26)20-13(3)19(15(5)24)14(4)22-20/h7-10,12,15,22,24H,6,11H2,1-5H3,(H,23,25)/t12-,15+/m1/s1. The summed E-state index contributed by atoms with van der Waals surface area (Å²) in [5, 5.41) is 12.6. The number of carbonyl (C=O) groups excluding carboxylic acids is 2. The van der Waals surface area contributed by atoms with Crippen LogP contribution in [0.15, 0.2) is 24.3 Å². The maximum atomic E-state index is 12.3. The van der Waals surface area contributed by atoms with E-state index in [-0.39, 0.29) is 12.3 Å². The second kappa shape index (κ2) is 8.86. The van der Waals surface area contributed by atoms with Gasteiger partial charge in [0.25, 0.3) is 5.91 Å². The van der Waals surface area contributed by atoms with E-state index in [1.54, 1.807) is 20.8 Å². The Balaban J connectivity index is 2.03. The number of esters is 1. The zero-order valence-electron chi connectivity index (χ0n) is 16.6. The number of hydrogen-bond acceptors (Lipinski definition) is 4. The number of nitrogens with one attached hydrogen (secondary N) is 2. The molecule has 0 aliphatic rings. The van der Waals surface area contributed by atoms with Crippen molar-refractivity contribution >= 4 is 17.6 Å². The normalized spacial score (nSPS) is 13.1. The topological polar surface area (TPSA) is 91.4 Å². The van der Waals surface area contributed by atoms with Gasteiger partial charge in [-0.2, -0.15) is 0 Å². The van der Waals surface area contributed by atoms with Gasteiger partial charge >= 0.3 is 5.97 Å². The summed E-state index contributed by atoms with van der Waals surface area (Å²) in [7, 11) is 0. The Morgan fingerprint density at radius 1 is 1.22 bits per heavy atom. The maximum absolute atomic E-state index is 12.3. The molecule has 2 atom stereocenters. The van der Waals surface area contributed by atoms with E-state index in [0.717, 1.165) is 17.7 Å². The molecule has 0 unspecified atom stereocenters. The molecular formula is C21H28N2O4. The number of carbonyl (C=O) groups is 2. The predicted molar refractivity (Wildman–Crippen MR) is 105 cm³/mol. The molecule has 27 heavy (non-hydrogen) atoms. The molecule has 2 aromatic rings. The first-order valence-electron chi connectivity index (χ1n) is 9.19. The predicted octanol–water partition coefficient (Wildman–Crippen LogP) is 3.99. The molecule has 6 heteroatoms. The van der Waals surface area contributed by atoms with Crippen LogP contribution < -0.4 is 5.32 Å². The lowest BCUT2D eigenvalue weighted by atomic mass is 9.97. The molecule has 0 fully saturated rings. The van der Waals surface area contributed by atoms with E-state index in [2.05, 4.69) is 24.1 Å². The minimum atomic E-state index is -0.692. The smallest absolute Gasteiger partial charge is 0.355 e. The van der Waals surface area contributed by atoms with E-state index in [1.165, 1.54) is 0 Å². The maximum Gasteiger partial charge on any atom is 0.355 e. The van der Waals surface area contributed by atoms with Gasteiger partial charge in [0, 0.05) is 16.9 Å². The number of aryl methyl sites for hydroxylation is 1. The fourth-order valence-corrected chi connectivity index (χ4v) is 3.25. The molecule has 3 N–H and O–H groups in total. The summed E-state index contributed by atoms with van der Waals surface area (Å²) < 4.78 is 5.15. The second-order valence-corrected chi connectivity index (χ2v) is 6.86. The number of rotatable bonds is 7. The van der Waals surface area contributed by atoms with Crippen LogP contribution in [0.3, 0.4) is 0 Å². The molecule has 0 radical (unpaired) electrons. The molecule has 1 heterocycles. The molecule has 2 rings (SSSR count). The number of benzene rings is 1. The van der Waals surface area contributed by atoms with E-state index in [0.29, 0.717) is 22.7 Å². The highest BCUT2D eigenvalue weighted by Gasteiger charge is 2.21. The van der Waals surface area contributed by atoms with E-state index in [1.807, 2.05) is 24.3 Å². The molecule has 0 spiro atoms. The lowest BCUT2D eigenvalue weighted by molar-refractivity contribution is -0.119. The Kier molecular flexibility index (Phi) is 6.80.